The second kappa shape index (κ2) is 12.1. The van der Waals surface area contributed by atoms with Crippen LogP contribution in [0.25, 0.3) is 0 Å². The van der Waals surface area contributed by atoms with Crippen LogP contribution < -0.4 is 0 Å². The molecule has 0 N–H and O–H groups in total. The number of alkyl halides is 5. The third-order valence-corrected chi connectivity index (χ3v) is 4.74. The summed E-state index contributed by atoms with van der Waals surface area (Å²) in [6.07, 6.45) is -10.1. The van der Waals surface area contributed by atoms with Gasteiger partial charge in [-0.05, 0) is 49.6 Å². The molecule has 25 heavy (non-hydrogen) atoms. The smallest absolute Gasteiger partial charge is 0.415 e. The third-order valence-electron chi connectivity index (χ3n) is 4.74. The zero-order valence-electron chi connectivity index (χ0n) is 15.8. The maximum absolute atomic E-state index is 11.1. The maximum Gasteiger partial charge on any atom is 2.00 e. The Morgan fingerprint density at radius 1 is 0.640 bits per heavy atom. The second-order valence-corrected chi connectivity index (χ2v) is 9.65. The predicted octanol–water partition coefficient (Wildman–Crippen LogP) is 7.15. The molecule has 1 rings (SSSR count). The van der Waals surface area contributed by atoms with E-state index in [0.717, 1.165) is 29.6 Å². The topological polar surface area (TPSA) is 0 Å². The van der Waals surface area contributed by atoms with E-state index in [4.69, 9.17) is 0 Å². The molecule has 0 aromatic heterocycles. The van der Waals surface area contributed by atoms with Gasteiger partial charge in [0.25, 0.3) is 5.92 Å². The summed E-state index contributed by atoms with van der Waals surface area (Å²) in [6.45, 7) is 18.7. The van der Waals surface area contributed by atoms with Gasteiger partial charge in [-0.2, -0.15) is 13.2 Å². The number of halogens is 7. The fourth-order valence-electron chi connectivity index (χ4n) is 2.50. The van der Waals surface area contributed by atoms with Gasteiger partial charge in [0.1, 0.15) is 0 Å². The minimum atomic E-state index is -6.20. The first kappa shape index (κ1) is 30.3. The monoisotopic (exact) mass is 488 g/mol. The molecular weight excluding hydrogens is 459 g/mol. The standard InChI is InChI=1S/C10H20.C3F7.C3H9P.Rh/c1-6-7(2)9(4)10(5)8(6)3;4-1(5)2(6,7)3(8,9)10;1-4(2)3;/h6-10H,1-5H3;;1-3H3;/q;-1;;+2. The van der Waals surface area contributed by atoms with Crippen molar-refractivity contribution in [2.24, 2.45) is 29.6 Å². The first-order chi connectivity index (χ1) is 10.5. The van der Waals surface area contributed by atoms with Crippen molar-refractivity contribution in [2.45, 2.75) is 46.7 Å². The molecule has 1 saturated carbocycles. The summed E-state index contributed by atoms with van der Waals surface area (Å²) in [7, 11) is 0.380. The number of hydrogen-bond donors (Lipinski definition) is 0. The SMILES string of the molecule is CC1C(C)C(C)C(C)C1C.CP(C)C.F[C-](F)C(F)(F)C(F)(F)F.[Rh+2]. The molecule has 0 atom stereocenters. The van der Waals surface area contributed by atoms with Crippen LogP contribution in [0.2, 0.25) is 0 Å². The molecule has 1 radical (unpaired) electrons. The average molecular weight is 488 g/mol. The molecule has 0 aromatic carbocycles. The summed E-state index contributed by atoms with van der Waals surface area (Å²) < 4.78 is 76.3. The Labute approximate surface area is 161 Å². The van der Waals surface area contributed by atoms with Crippen molar-refractivity contribution in [1.29, 1.82) is 0 Å². The molecule has 0 aromatic rings. The third kappa shape index (κ3) is 9.89. The Hall–Kier alpha value is 0.563. The minimum absolute atomic E-state index is 0. The van der Waals surface area contributed by atoms with Crippen molar-refractivity contribution in [3.05, 3.63) is 6.43 Å². The van der Waals surface area contributed by atoms with E-state index in [-0.39, 0.29) is 19.5 Å². The van der Waals surface area contributed by atoms with Gasteiger partial charge in [-0.3, -0.25) is 0 Å². The van der Waals surface area contributed by atoms with Crippen molar-refractivity contribution in [1.82, 2.24) is 0 Å². The van der Waals surface area contributed by atoms with Crippen LogP contribution in [0, 0.1) is 36.0 Å². The Kier molecular flexibility index (Phi) is 14.7. The molecule has 0 aliphatic heterocycles. The molecular formula is C16H29F7PRh+. The van der Waals surface area contributed by atoms with Gasteiger partial charge in [0.15, 0.2) is 0 Å². The zero-order chi connectivity index (χ0) is 20.0. The first-order valence-electron chi connectivity index (χ1n) is 7.72. The van der Waals surface area contributed by atoms with E-state index < -0.39 is 18.5 Å². The molecule has 0 spiro atoms. The van der Waals surface area contributed by atoms with Crippen molar-refractivity contribution >= 4 is 7.92 Å². The van der Waals surface area contributed by atoms with Crippen LogP contribution in [0.5, 0.6) is 0 Å². The maximum atomic E-state index is 11.1. The molecule has 1 fully saturated rings. The van der Waals surface area contributed by atoms with E-state index in [1.807, 2.05) is 0 Å². The molecule has 0 unspecified atom stereocenters. The average Bonchev–Trinajstić information content (AvgIpc) is 2.56. The summed E-state index contributed by atoms with van der Waals surface area (Å²) >= 11 is 0. The van der Waals surface area contributed by atoms with E-state index in [1.54, 1.807) is 0 Å². The predicted molar refractivity (Wildman–Crippen MR) is 87.0 cm³/mol. The van der Waals surface area contributed by atoms with E-state index >= 15 is 0 Å². The van der Waals surface area contributed by atoms with Gasteiger partial charge in [-0.25, -0.2) is 8.78 Å². The normalized spacial score (nSPS) is 29.4. The van der Waals surface area contributed by atoms with Crippen LogP contribution in [0.1, 0.15) is 34.6 Å². The molecule has 0 heterocycles. The summed E-state index contributed by atoms with van der Waals surface area (Å²) in [5.74, 6) is -1.30. The van der Waals surface area contributed by atoms with Crippen molar-refractivity contribution < 1.29 is 50.2 Å². The van der Waals surface area contributed by atoms with Crippen LogP contribution in [0.4, 0.5) is 30.7 Å². The van der Waals surface area contributed by atoms with Crippen LogP contribution in [0.15, 0.2) is 0 Å². The molecule has 155 valence electrons. The summed E-state index contributed by atoms with van der Waals surface area (Å²) in [5, 5.41) is 0. The van der Waals surface area contributed by atoms with Crippen molar-refractivity contribution in [3.63, 3.8) is 0 Å². The number of hydrogen-bond acceptors (Lipinski definition) is 0. The van der Waals surface area contributed by atoms with Gasteiger partial charge < -0.3 is 8.78 Å². The fraction of sp³-hybridized carbons (Fsp3) is 0.938. The van der Waals surface area contributed by atoms with Crippen LogP contribution in [-0.4, -0.2) is 32.1 Å². The fourth-order valence-corrected chi connectivity index (χ4v) is 2.50. The molecule has 1 aliphatic carbocycles. The van der Waals surface area contributed by atoms with Crippen molar-refractivity contribution in [2.75, 3.05) is 20.0 Å². The summed E-state index contributed by atoms with van der Waals surface area (Å²) in [5.41, 5.74) is 0. The van der Waals surface area contributed by atoms with Gasteiger partial charge in [0.2, 0.25) is 0 Å². The molecule has 0 amide bonds. The van der Waals surface area contributed by atoms with Gasteiger partial charge in [-0.1, -0.05) is 34.6 Å². The van der Waals surface area contributed by atoms with Crippen LogP contribution in [0.3, 0.4) is 0 Å². The Bertz CT molecular complexity index is 300. The molecule has 1 aliphatic rings. The Morgan fingerprint density at radius 2 is 0.800 bits per heavy atom. The Balaban J connectivity index is -0.000000310. The van der Waals surface area contributed by atoms with Gasteiger partial charge >= 0.3 is 25.7 Å². The molecule has 0 bridgehead atoms. The quantitative estimate of drug-likeness (QED) is 0.159. The van der Waals surface area contributed by atoms with Gasteiger partial charge in [0.05, 0.1) is 6.43 Å². The largest absolute Gasteiger partial charge is 2.00 e. The van der Waals surface area contributed by atoms with Gasteiger partial charge in [0, 0.05) is 0 Å². The van der Waals surface area contributed by atoms with E-state index in [1.165, 1.54) is 0 Å². The van der Waals surface area contributed by atoms with Crippen LogP contribution >= 0.6 is 7.92 Å². The van der Waals surface area contributed by atoms with Gasteiger partial charge in [-0.15, -0.1) is 7.92 Å². The van der Waals surface area contributed by atoms with Crippen LogP contribution in [-0.2, 0) is 19.5 Å². The molecule has 0 nitrogen and oxygen atoms in total. The van der Waals surface area contributed by atoms with E-state index in [9.17, 15) is 30.7 Å². The summed E-state index contributed by atoms with van der Waals surface area (Å²) in [4.78, 5) is 0. The minimum Gasteiger partial charge on any atom is -0.415 e. The first-order valence-corrected chi connectivity index (χ1v) is 10.4. The Morgan fingerprint density at radius 3 is 0.840 bits per heavy atom. The molecule has 9 heteroatoms. The van der Waals surface area contributed by atoms with Crippen molar-refractivity contribution in [3.8, 4) is 0 Å². The van der Waals surface area contributed by atoms with E-state index in [0.29, 0.717) is 7.92 Å². The molecule has 0 saturated heterocycles. The number of rotatable bonds is 1. The zero-order valence-corrected chi connectivity index (χ0v) is 18.3. The second-order valence-electron chi connectivity index (χ2n) is 6.97. The summed E-state index contributed by atoms with van der Waals surface area (Å²) in [6, 6.07) is 0. The van der Waals surface area contributed by atoms with E-state index in [2.05, 4.69) is 54.6 Å².